The van der Waals surface area contributed by atoms with Crippen LogP contribution in [0, 0.1) is 16.7 Å². The lowest BCUT2D eigenvalue weighted by Gasteiger charge is -2.51. The summed E-state index contributed by atoms with van der Waals surface area (Å²) in [7, 11) is 0. The second-order valence-corrected chi connectivity index (χ2v) is 8.31. The summed E-state index contributed by atoms with van der Waals surface area (Å²) >= 11 is 0. The predicted octanol–water partition coefficient (Wildman–Crippen LogP) is 4.62. The maximum Gasteiger partial charge on any atom is 0.101 e. The molecular weight excluding hydrogens is 272 g/mol. The Labute approximate surface area is 136 Å². The Morgan fingerprint density at radius 1 is 1.05 bits per heavy atom. The van der Waals surface area contributed by atoms with E-state index in [2.05, 4.69) is 33.9 Å². The van der Waals surface area contributed by atoms with Crippen LogP contribution in [0.25, 0.3) is 0 Å². The zero-order valence-electron chi connectivity index (χ0n) is 14.7. The maximum atomic E-state index is 11.7. The Balaban J connectivity index is 2.25. The fourth-order valence-electron chi connectivity index (χ4n) is 5.71. The van der Waals surface area contributed by atoms with Gasteiger partial charge in [-0.05, 0) is 49.9 Å². The molecule has 2 rings (SSSR count). The van der Waals surface area contributed by atoms with Crippen molar-refractivity contribution in [2.45, 2.75) is 83.3 Å². The zero-order chi connectivity index (χ0) is 16.6. The Morgan fingerprint density at radius 2 is 1.73 bits per heavy atom. The molecule has 0 saturated heterocycles. The minimum absolute atomic E-state index is 0.0410. The van der Waals surface area contributed by atoms with Gasteiger partial charge >= 0.3 is 0 Å². The van der Waals surface area contributed by atoms with Crippen LogP contribution in [0.15, 0.2) is 25.3 Å². The van der Waals surface area contributed by atoms with Gasteiger partial charge in [0.25, 0.3) is 0 Å². The lowest BCUT2D eigenvalue weighted by molar-refractivity contribution is -0.209. The summed E-state index contributed by atoms with van der Waals surface area (Å²) in [5, 5.41) is 23.1. The molecule has 0 amide bonds. The lowest BCUT2D eigenvalue weighted by Crippen LogP contribution is -2.61. The number of allylic oxidation sites excluding steroid dienone is 1. The molecule has 2 aliphatic carbocycles. The third-order valence-electron chi connectivity index (χ3n) is 7.33. The standard InChI is InChI=1S/C20H34O2/c1-6-8-9-10-11-14-20(22)18(5)15-12-16(17(18,3)4)19(20,21)13-7-2/h6-7,16,21-22H,1-2,8-15H2,3-5H3/t16-,18-,19+,20+/m0/s1. The summed E-state index contributed by atoms with van der Waals surface area (Å²) in [4.78, 5) is 0. The molecule has 0 spiro atoms. The fraction of sp³-hybridized carbons (Fsp3) is 0.800. The number of fused-ring (bicyclic) bond motifs is 2. The highest BCUT2D eigenvalue weighted by Crippen LogP contribution is 2.74. The number of unbranched alkanes of at least 4 members (excludes halogenated alkanes) is 3. The van der Waals surface area contributed by atoms with Crippen molar-refractivity contribution in [3.8, 4) is 0 Å². The number of hydrogen-bond donors (Lipinski definition) is 2. The van der Waals surface area contributed by atoms with Crippen LogP contribution in [-0.2, 0) is 0 Å². The van der Waals surface area contributed by atoms with Crippen LogP contribution in [0.1, 0.15) is 72.1 Å². The molecule has 0 unspecified atom stereocenters. The van der Waals surface area contributed by atoms with Gasteiger partial charge in [0.1, 0.15) is 5.60 Å². The second-order valence-electron chi connectivity index (χ2n) is 8.31. The first-order valence-corrected chi connectivity index (χ1v) is 8.88. The molecule has 0 aromatic rings. The average Bonchev–Trinajstić information content (AvgIpc) is 2.73. The Bertz CT molecular complexity index is 441. The minimum atomic E-state index is -1.02. The van der Waals surface area contributed by atoms with Gasteiger partial charge in [-0.15, -0.1) is 13.2 Å². The molecule has 0 aliphatic heterocycles. The molecule has 0 radical (unpaired) electrons. The quantitative estimate of drug-likeness (QED) is 0.507. The van der Waals surface area contributed by atoms with Crippen molar-refractivity contribution in [3.63, 3.8) is 0 Å². The largest absolute Gasteiger partial charge is 0.386 e. The summed E-state index contributed by atoms with van der Waals surface area (Å²) in [5.41, 5.74) is -2.29. The molecule has 2 N–H and O–H groups in total. The van der Waals surface area contributed by atoms with Gasteiger partial charge in [-0.1, -0.05) is 45.8 Å². The van der Waals surface area contributed by atoms with Gasteiger partial charge in [-0.2, -0.15) is 0 Å². The first-order valence-electron chi connectivity index (χ1n) is 8.88. The third-order valence-corrected chi connectivity index (χ3v) is 7.33. The van der Waals surface area contributed by atoms with Crippen LogP contribution in [0.4, 0.5) is 0 Å². The SMILES string of the molecule is C=CCCCCC[C@]1(O)[C@@](O)(CC=C)[C@H]2CC[C@@]1(C)C2(C)C. The molecule has 2 aliphatic rings. The van der Waals surface area contributed by atoms with E-state index >= 15 is 0 Å². The highest BCUT2D eigenvalue weighted by atomic mass is 16.4. The van der Waals surface area contributed by atoms with Crippen molar-refractivity contribution in [2.75, 3.05) is 0 Å². The summed E-state index contributed by atoms with van der Waals surface area (Å²) in [6.45, 7) is 14.2. The van der Waals surface area contributed by atoms with Crippen LogP contribution in [0.2, 0.25) is 0 Å². The minimum Gasteiger partial charge on any atom is -0.386 e. The van der Waals surface area contributed by atoms with Crippen LogP contribution in [-0.4, -0.2) is 21.4 Å². The molecule has 126 valence electrons. The summed E-state index contributed by atoms with van der Waals surface area (Å²) in [6.07, 6.45) is 11.1. The van der Waals surface area contributed by atoms with E-state index in [1.165, 1.54) is 0 Å². The molecule has 22 heavy (non-hydrogen) atoms. The van der Waals surface area contributed by atoms with E-state index < -0.39 is 11.2 Å². The monoisotopic (exact) mass is 306 g/mol. The number of aliphatic hydroxyl groups is 2. The van der Waals surface area contributed by atoms with Crippen molar-refractivity contribution in [3.05, 3.63) is 25.3 Å². The fourth-order valence-corrected chi connectivity index (χ4v) is 5.71. The van der Waals surface area contributed by atoms with Crippen LogP contribution >= 0.6 is 0 Å². The van der Waals surface area contributed by atoms with E-state index in [1.54, 1.807) is 6.08 Å². The third kappa shape index (κ3) is 2.06. The predicted molar refractivity (Wildman–Crippen MR) is 92.6 cm³/mol. The smallest absolute Gasteiger partial charge is 0.101 e. The topological polar surface area (TPSA) is 40.5 Å². The van der Waals surface area contributed by atoms with Crippen molar-refractivity contribution in [1.29, 1.82) is 0 Å². The van der Waals surface area contributed by atoms with E-state index in [9.17, 15) is 10.2 Å². The first-order chi connectivity index (χ1) is 10.2. The zero-order valence-corrected chi connectivity index (χ0v) is 14.7. The molecule has 2 heteroatoms. The van der Waals surface area contributed by atoms with E-state index in [-0.39, 0.29) is 16.7 Å². The molecule has 2 bridgehead atoms. The molecule has 2 fully saturated rings. The second kappa shape index (κ2) is 5.79. The van der Waals surface area contributed by atoms with Gasteiger partial charge in [0.05, 0.1) is 5.60 Å². The Hall–Kier alpha value is -0.600. The maximum absolute atomic E-state index is 11.7. The molecule has 0 aromatic heterocycles. The Morgan fingerprint density at radius 3 is 2.32 bits per heavy atom. The highest BCUT2D eigenvalue weighted by molar-refractivity contribution is 5.29. The van der Waals surface area contributed by atoms with E-state index in [4.69, 9.17) is 0 Å². The van der Waals surface area contributed by atoms with Crippen molar-refractivity contribution in [2.24, 2.45) is 16.7 Å². The lowest BCUT2D eigenvalue weighted by atomic mass is 9.60. The van der Waals surface area contributed by atoms with Gasteiger partial charge in [0, 0.05) is 5.41 Å². The van der Waals surface area contributed by atoms with Gasteiger partial charge in [0.2, 0.25) is 0 Å². The first kappa shape index (κ1) is 17.7. The van der Waals surface area contributed by atoms with Crippen LogP contribution < -0.4 is 0 Å². The molecule has 4 atom stereocenters. The molecule has 2 saturated carbocycles. The van der Waals surface area contributed by atoms with Crippen LogP contribution in [0.5, 0.6) is 0 Å². The normalized spacial score (nSPS) is 42.5. The summed E-state index contributed by atoms with van der Waals surface area (Å²) in [5.74, 6) is 0.154. The molecule has 0 heterocycles. The van der Waals surface area contributed by atoms with E-state index in [0.717, 1.165) is 38.5 Å². The summed E-state index contributed by atoms with van der Waals surface area (Å²) < 4.78 is 0. The number of rotatable bonds is 8. The molecule has 2 nitrogen and oxygen atoms in total. The number of hydrogen-bond acceptors (Lipinski definition) is 2. The van der Waals surface area contributed by atoms with Gasteiger partial charge < -0.3 is 10.2 Å². The van der Waals surface area contributed by atoms with Crippen molar-refractivity contribution in [1.82, 2.24) is 0 Å². The summed E-state index contributed by atoms with van der Waals surface area (Å²) in [6, 6.07) is 0. The van der Waals surface area contributed by atoms with Gasteiger partial charge in [0.15, 0.2) is 0 Å². The van der Waals surface area contributed by atoms with Crippen molar-refractivity contribution < 1.29 is 10.2 Å². The van der Waals surface area contributed by atoms with Gasteiger partial charge in [-0.25, -0.2) is 0 Å². The van der Waals surface area contributed by atoms with Gasteiger partial charge in [-0.3, -0.25) is 0 Å². The molecular formula is C20H34O2. The van der Waals surface area contributed by atoms with Crippen molar-refractivity contribution >= 4 is 0 Å². The average molecular weight is 306 g/mol. The van der Waals surface area contributed by atoms with E-state index in [1.807, 2.05) is 6.08 Å². The van der Waals surface area contributed by atoms with Crippen LogP contribution in [0.3, 0.4) is 0 Å². The highest BCUT2D eigenvalue weighted by Gasteiger charge is 2.78. The Kier molecular flexibility index (Phi) is 4.68. The van der Waals surface area contributed by atoms with E-state index in [0.29, 0.717) is 12.8 Å². The molecule has 0 aromatic carbocycles.